The van der Waals surface area contributed by atoms with Crippen molar-refractivity contribution < 1.29 is 48.3 Å². The number of nitrogens with two attached hydrogens (primary N) is 2. The Balaban J connectivity index is 0.000000162. The number of imidazole rings is 1. The summed E-state index contributed by atoms with van der Waals surface area (Å²) in [5.74, 6) is 1.50. The maximum atomic E-state index is 11.8. The number of hydrogen-bond acceptors (Lipinski definition) is 22. The molecular weight excluding hydrogens is 977 g/mol. The maximum absolute atomic E-state index is 11.8. The number of nitrogens with zero attached hydrogens (tertiary/aromatic N) is 7. The van der Waals surface area contributed by atoms with E-state index in [1.54, 1.807) is 36.9 Å². The van der Waals surface area contributed by atoms with E-state index in [1.165, 1.54) is 36.2 Å². The fourth-order valence-electron chi connectivity index (χ4n) is 7.28. The van der Waals surface area contributed by atoms with Gasteiger partial charge in [0.1, 0.15) is 18.1 Å². The number of H-pyrrole nitrogens is 1. The van der Waals surface area contributed by atoms with Crippen molar-refractivity contribution >= 4 is 78.8 Å². The van der Waals surface area contributed by atoms with Gasteiger partial charge in [0.25, 0.3) is 0 Å². The summed E-state index contributed by atoms with van der Waals surface area (Å²) in [6, 6.07) is 5.74. The average molecular weight is 1030 g/mol. The molecule has 4 saturated heterocycles. The Bertz CT molecular complexity index is 3100. The Morgan fingerprint density at radius 2 is 1.15 bits per heavy atom. The molecule has 4 aliphatic rings. The summed E-state index contributed by atoms with van der Waals surface area (Å²) in [7, 11) is -10.2. The summed E-state index contributed by atoms with van der Waals surface area (Å²) in [5.41, 5.74) is 13.5. The molecule has 0 bridgehead atoms. The highest BCUT2D eigenvalue weighted by Gasteiger charge is 2.32. The third-order valence-electron chi connectivity index (χ3n) is 10.6. The largest absolute Gasteiger partial charge is 0.490 e. The highest BCUT2D eigenvalue weighted by atomic mass is 32.2. The van der Waals surface area contributed by atoms with E-state index in [4.69, 9.17) is 16.2 Å². The normalized spacial score (nSPS) is 22.3. The van der Waals surface area contributed by atoms with E-state index in [1.807, 2.05) is 0 Å². The van der Waals surface area contributed by atoms with Gasteiger partial charge in [-0.2, -0.15) is 0 Å². The number of nitro groups is 2. The van der Waals surface area contributed by atoms with Gasteiger partial charge >= 0.3 is 17.1 Å². The zero-order valence-electron chi connectivity index (χ0n) is 36.4. The first kappa shape index (κ1) is 52.6. The van der Waals surface area contributed by atoms with Crippen molar-refractivity contribution in [2.24, 2.45) is 5.73 Å². The number of sulfone groups is 4. The molecule has 0 spiro atoms. The fourth-order valence-corrected chi connectivity index (χ4v) is 14.0. The molecule has 0 radical (unpaired) electrons. The van der Waals surface area contributed by atoms with Crippen LogP contribution in [0.15, 0.2) is 78.6 Å². The van der Waals surface area contributed by atoms with Crippen molar-refractivity contribution in [1.29, 1.82) is 0 Å². The van der Waals surface area contributed by atoms with Gasteiger partial charge in [-0.05, 0) is 43.9 Å². The highest BCUT2D eigenvalue weighted by molar-refractivity contribution is 7.92. The van der Waals surface area contributed by atoms with Gasteiger partial charge in [-0.1, -0.05) is 0 Å². The van der Waals surface area contributed by atoms with Crippen molar-refractivity contribution in [1.82, 2.24) is 29.5 Å². The molecule has 4 atom stereocenters. The number of pyridine rings is 4. The molecule has 0 aliphatic carbocycles. The van der Waals surface area contributed by atoms with Gasteiger partial charge in [0.2, 0.25) is 0 Å². The van der Waals surface area contributed by atoms with E-state index in [-0.39, 0.29) is 93.0 Å². The Kier molecular flexibility index (Phi) is 17.5. The molecule has 7 N–H and O–H groups in total. The average Bonchev–Trinajstić information content (AvgIpc) is 4.08. The molecule has 5 aromatic rings. The molecule has 4 aliphatic heterocycles. The number of aromatic amines is 1. The Labute approximate surface area is 390 Å². The minimum absolute atomic E-state index is 0.0203. The molecule has 9 heterocycles. The lowest BCUT2D eigenvalue weighted by molar-refractivity contribution is -0.386. The lowest BCUT2D eigenvalue weighted by atomic mass is 10.2. The molecule has 0 amide bonds. The first-order chi connectivity index (χ1) is 32.0. The van der Waals surface area contributed by atoms with Crippen LogP contribution in [0.3, 0.4) is 0 Å². The summed E-state index contributed by atoms with van der Waals surface area (Å²) >= 11 is 0. The van der Waals surface area contributed by atoms with Crippen LogP contribution in [0.4, 0.5) is 28.4 Å². The van der Waals surface area contributed by atoms with Crippen molar-refractivity contribution in [3.63, 3.8) is 0 Å². The van der Waals surface area contributed by atoms with Crippen LogP contribution in [-0.4, -0.2) is 144 Å². The number of methoxy groups -OCH3 is 1. The monoisotopic (exact) mass is 1030 g/mol. The van der Waals surface area contributed by atoms with Gasteiger partial charge in [0.15, 0.2) is 45.1 Å². The fraction of sp³-hybridized carbons (Fsp3) is 0.447. The topological polar surface area (TPSA) is 398 Å². The summed E-state index contributed by atoms with van der Waals surface area (Å²) in [6.07, 6.45) is 13.8. The van der Waals surface area contributed by atoms with Crippen molar-refractivity contribution in [3.05, 3.63) is 105 Å². The number of aromatic nitrogens is 6. The number of fused-ring (bicyclic) bond motifs is 1. The van der Waals surface area contributed by atoms with Crippen LogP contribution in [0.1, 0.15) is 31.7 Å². The van der Waals surface area contributed by atoms with Gasteiger partial charge in [0.05, 0.1) is 104 Å². The quantitative estimate of drug-likeness (QED) is 0.107. The predicted octanol–water partition coefficient (Wildman–Crippen LogP) is 1.07. The molecule has 4 unspecified atom stereocenters. The molecule has 4 fully saturated rings. The predicted molar refractivity (Wildman–Crippen MR) is 252 cm³/mol. The maximum Gasteiger partial charge on any atom is 0.328 e. The van der Waals surface area contributed by atoms with Crippen molar-refractivity contribution in [2.45, 2.75) is 49.9 Å². The SMILES string of the molecule is COc1ccncc1[N+](=O)[O-].NC1CCS(=O)(=O)C1.Nc1cnccc1NC1CCS(=O)(=O)C1.O=[N+]([O-])c1cnccc1NC1CCS(=O)(=O)C1.O=c1[nH]c2cnccc2n1C1CCS(=O)(=O)C1. The molecule has 30 heteroatoms. The molecule has 0 saturated carbocycles. The molecule has 9 rings (SSSR count). The molecule has 26 nitrogen and oxygen atoms in total. The second-order valence-corrected chi connectivity index (χ2v) is 24.7. The van der Waals surface area contributed by atoms with Gasteiger partial charge < -0.3 is 31.8 Å². The number of anilines is 3. The Morgan fingerprint density at radius 1 is 0.662 bits per heavy atom. The summed E-state index contributed by atoms with van der Waals surface area (Å²) < 4.78 is 95.3. The zero-order chi connectivity index (χ0) is 49.9. The molecule has 68 heavy (non-hydrogen) atoms. The zero-order valence-corrected chi connectivity index (χ0v) is 39.6. The lowest BCUT2D eigenvalue weighted by Crippen LogP contribution is -2.23. The lowest BCUT2D eigenvalue weighted by Gasteiger charge is -2.13. The second-order valence-electron chi connectivity index (χ2n) is 15.8. The summed E-state index contributed by atoms with van der Waals surface area (Å²) in [6.45, 7) is 0. The van der Waals surface area contributed by atoms with Crippen LogP contribution in [0.2, 0.25) is 0 Å². The van der Waals surface area contributed by atoms with Crippen molar-refractivity contribution in [2.75, 3.05) is 69.5 Å². The van der Waals surface area contributed by atoms with E-state index in [2.05, 4.69) is 35.6 Å². The number of hydrogen-bond donors (Lipinski definition) is 5. The van der Waals surface area contributed by atoms with Crippen LogP contribution >= 0.6 is 0 Å². The van der Waals surface area contributed by atoms with Gasteiger partial charge in [-0.15, -0.1) is 0 Å². The van der Waals surface area contributed by atoms with E-state index in [0.717, 1.165) is 18.1 Å². The number of nitrogens with one attached hydrogen (secondary N) is 3. The van der Waals surface area contributed by atoms with E-state index in [9.17, 15) is 58.7 Å². The van der Waals surface area contributed by atoms with E-state index < -0.39 is 49.2 Å². The van der Waals surface area contributed by atoms with Crippen LogP contribution in [0, 0.1) is 20.2 Å². The molecule has 5 aromatic heterocycles. The molecule has 0 aromatic carbocycles. The summed E-state index contributed by atoms with van der Waals surface area (Å²) in [5, 5.41) is 27.0. The number of ether oxygens (including phenoxy) is 1. The molecular formula is C38H50N12O14S4. The van der Waals surface area contributed by atoms with E-state index >= 15 is 0 Å². The second kappa shape index (κ2) is 22.6. The Morgan fingerprint density at radius 3 is 1.62 bits per heavy atom. The standard InChI is InChI=1S/C10H11N3O3S.C9H11N3O4S.C9H13N3O2S.C6H6N2O3.C4H9NO2S/c14-10-12-8-5-11-3-1-9(8)13(10)7-2-4-17(15,16)6-7;13-12(14)9-5-10-3-1-8(9)11-7-2-4-17(15,16)6-7;10-8-5-11-3-1-9(8)12-7-2-4-15(13,14)6-7;1-11-6-2-3-7-4-5(6)8(9)10;5-4-1-2-8(6,7)3-4/h1,3,5,7H,2,4,6H2,(H,12,14);1,3,5,7H,2,4,6H2,(H,10,11);1,3,5,7H,2,4,6,10H2,(H,11,12);2-4H,1H3;4H,1-3,5H2. The number of nitrogen functional groups attached to an aromatic ring is 1. The van der Waals surface area contributed by atoms with Gasteiger partial charge in [0, 0.05) is 49.0 Å². The van der Waals surface area contributed by atoms with Crippen molar-refractivity contribution in [3.8, 4) is 5.75 Å². The van der Waals surface area contributed by atoms with Crippen LogP contribution < -0.4 is 32.5 Å². The van der Waals surface area contributed by atoms with E-state index in [0.29, 0.717) is 48.1 Å². The van der Waals surface area contributed by atoms with Crippen LogP contribution in [-0.2, 0) is 39.3 Å². The van der Waals surface area contributed by atoms with Gasteiger partial charge in [-0.25, -0.2) is 38.5 Å². The van der Waals surface area contributed by atoms with Crippen LogP contribution in [0.5, 0.6) is 5.75 Å². The van der Waals surface area contributed by atoms with Gasteiger partial charge in [-0.3, -0.25) is 44.7 Å². The number of rotatable bonds is 8. The minimum Gasteiger partial charge on any atom is -0.490 e. The molecule has 370 valence electrons. The third kappa shape index (κ3) is 15.3. The summed E-state index contributed by atoms with van der Waals surface area (Å²) in [4.78, 5) is 49.5. The smallest absolute Gasteiger partial charge is 0.328 e. The van der Waals surface area contributed by atoms with Crippen LogP contribution in [0.25, 0.3) is 11.0 Å². The Hall–Kier alpha value is -6.37. The first-order valence-corrected chi connectivity index (χ1v) is 27.8. The third-order valence-corrected chi connectivity index (χ3v) is 17.6. The minimum atomic E-state index is -3.00. The first-order valence-electron chi connectivity index (χ1n) is 20.5. The highest BCUT2D eigenvalue weighted by Crippen LogP contribution is 2.27.